The molecular formula is C27H30N4O3. The van der Waals surface area contributed by atoms with Gasteiger partial charge in [0.15, 0.2) is 0 Å². The number of aliphatic hydroxyl groups is 1. The highest BCUT2D eigenvalue weighted by Crippen LogP contribution is 2.22. The quantitative estimate of drug-likeness (QED) is 0.404. The highest BCUT2D eigenvalue weighted by Gasteiger charge is 2.18. The zero-order chi connectivity index (χ0) is 23.9. The lowest BCUT2D eigenvalue weighted by Gasteiger charge is -2.14. The van der Waals surface area contributed by atoms with Crippen LogP contribution in [0.3, 0.4) is 0 Å². The first-order valence-corrected chi connectivity index (χ1v) is 11.5. The molecule has 2 aromatic carbocycles. The van der Waals surface area contributed by atoms with Crippen molar-refractivity contribution in [3.05, 3.63) is 93.2 Å². The summed E-state index contributed by atoms with van der Waals surface area (Å²) in [4.78, 5) is 20.3. The molecule has 1 aliphatic rings. The first-order chi connectivity index (χ1) is 16.5. The monoisotopic (exact) mass is 458 g/mol. The van der Waals surface area contributed by atoms with Crippen molar-refractivity contribution in [2.75, 3.05) is 26.7 Å². The highest BCUT2D eigenvalue weighted by atomic mass is 16.3. The van der Waals surface area contributed by atoms with E-state index in [-0.39, 0.29) is 24.6 Å². The lowest BCUT2D eigenvalue weighted by Crippen LogP contribution is -2.30. The van der Waals surface area contributed by atoms with Crippen LogP contribution < -0.4 is 10.9 Å². The second-order valence-corrected chi connectivity index (χ2v) is 8.81. The van der Waals surface area contributed by atoms with Crippen LogP contribution in [0, 0.1) is 11.8 Å². The number of benzene rings is 2. The minimum atomic E-state index is -0.585. The molecule has 4 rings (SSSR count). The summed E-state index contributed by atoms with van der Waals surface area (Å²) in [5, 5.41) is 23.3. The van der Waals surface area contributed by atoms with Crippen LogP contribution in [0.2, 0.25) is 0 Å². The molecule has 2 heterocycles. The number of nitrogens with zero attached hydrogens (tertiary/aromatic N) is 2. The molecule has 3 aromatic rings. The van der Waals surface area contributed by atoms with Crippen LogP contribution in [0.15, 0.2) is 59.7 Å². The Hall–Kier alpha value is -3.44. The predicted octanol–water partition coefficient (Wildman–Crippen LogP) is 1.99. The molecule has 1 aliphatic heterocycles. The normalized spacial score (nSPS) is 16.7. The number of aliphatic hydroxyl groups excluding tert-OH is 1. The molecule has 0 spiro atoms. The van der Waals surface area contributed by atoms with Gasteiger partial charge in [-0.25, -0.2) is 4.98 Å². The Morgan fingerprint density at radius 3 is 2.44 bits per heavy atom. The van der Waals surface area contributed by atoms with Gasteiger partial charge in [-0.1, -0.05) is 36.1 Å². The maximum atomic E-state index is 11.6. The van der Waals surface area contributed by atoms with Crippen molar-refractivity contribution in [3.63, 3.8) is 0 Å². The molecule has 1 saturated heterocycles. The summed E-state index contributed by atoms with van der Waals surface area (Å²) in [6, 6.07) is 16.5. The summed E-state index contributed by atoms with van der Waals surface area (Å²) < 4.78 is 0. The van der Waals surface area contributed by atoms with Crippen molar-refractivity contribution in [2.24, 2.45) is 0 Å². The second-order valence-electron chi connectivity index (χ2n) is 8.81. The summed E-state index contributed by atoms with van der Waals surface area (Å²) in [5.41, 5.74) is 3.64. The third-order valence-electron chi connectivity index (χ3n) is 6.24. The first kappa shape index (κ1) is 23.7. The molecule has 1 fully saturated rings. The lowest BCUT2D eigenvalue weighted by atomic mass is 9.94. The summed E-state index contributed by atoms with van der Waals surface area (Å²) in [6.07, 6.45) is 2.71. The molecule has 2 atom stereocenters. The topological polar surface area (TPSA) is 101 Å². The third kappa shape index (κ3) is 6.12. The number of likely N-dealkylation sites (tertiary alicyclic amines) is 1. The zero-order valence-corrected chi connectivity index (χ0v) is 19.3. The van der Waals surface area contributed by atoms with Crippen molar-refractivity contribution in [3.8, 4) is 17.6 Å². The number of likely N-dealkylation sites (N-methyl/N-ethyl adjacent to an activating group) is 1. The van der Waals surface area contributed by atoms with Gasteiger partial charge in [0.05, 0.1) is 18.6 Å². The highest BCUT2D eigenvalue weighted by molar-refractivity contribution is 5.44. The fourth-order valence-electron chi connectivity index (χ4n) is 4.15. The van der Waals surface area contributed by atoms with Crippen LogP contribution >= 0.6 is 0 Å². The molecule has 0 unspecified atom stereocenters. The summed E-state index contributed by atoms with van der Waals surface area (Å²) in [5.74, 6) is 5.69. The van der Waals surface area contributed by atoms with E-state index in [1.807, 2.05) is 36.4 Å². The van der Waals surface area contributed by atoms with Crippen LogP contribution in [0.1, 0.15) is 40.3 Å². The van der Waals surface area contributed by atoms with E-state index in [2.05, 4.69) is 51.2 Å². The maximum Gasteiger partial charge on any atom is 0.293 e. The Morgan fingerprint density at radius 1 is 1.15 bits per heavy atom. The Kier molecular flexibility index (Phi) is 7.76. The van der Waals surface area contributed by atoms with Gasteiger partial charge in [0.25, 0.3) is 5.56 Å². The molecule has 0 radical (unpaired) electrons. The van der Waals surface area contributed by atoms with Gasteiger partial charge < -0.3 is 25.4 Å². The zero-order valence-electron chi connectivity index (χ0n) is 19.3. The van der Waals surface area contributed by atoms with Crippen molar-refractivity contribution in [2.45, 2.75) is 31.3 Å². The third-order valence-corrected chi connectivity index (χ3v) is 6.24. The van der Waals surface area contributed by atoms with E-state index in [1.54, 1.807) is 0 Å². The van der Waals surface area contributed by atoms with Crippen LogP contribution in [-0.4, -0.2) is 57.9 Å². The second kappa shape index (κ2) is 11.1. The van der Waals surface area contributed by atoms with Crippen LogP contribution in [-0.2, 0) is 13.0 Å². The Bertz CT molecular complexity index is 1210. The van der Waals surface area contributed by atoms with E-state index >= 15 is 0 Å². The first-order valence-electron chi connectivity index (χ1n) is 11.5. The van der Waals surface area contributed by atoms with E-state index in [0.717, 1.165) is 36.3 Å². The van der Waals surface area contributed by atoms with Gasteiger partial charge in [-0.2, -0.15) is 0 Å². The Balaban J connectivity index is 1.35. The molecular weight excluding hydrogens is 428 g/mol. The molecule has 4 N–H and O–H groups in total. The van der Waals surface area contributed by atoms with Gasteiger partial charge in [0.2, 0.25) is 5.75 Å². The molecule has 176 valence electrons. The van der Waals surface area contributed by atoms with Gasteiger partial charge in [-0.05, 0) is 55.4 Å². The lowest BCUT2D eigenvalue weighted by molar-refractivity contribution is 0.263. The average molecular weight is 459 g/mol. The van der Waals surface area contributed by atoms with Crippen LogP contribution in [0.4, 0.5) is 0 Å². The number of aromatic amines is 1. The van der Waals surface area contributed by atoms with Crippen molar-refractivity contribution in [1.82, 2.24) is 20.2 Å². The molecule has 7 heteroatoms. The van der Waals surface area contributed by atoms with Gasteiger partial charge >= 0.3 is 0 Å². The number of hydrogen-bond donors (Lipinski definition) is 4. The number of nitrogens with one attached hydrogen (secondary N) is 2. The van der Waals surface area contributed by atoms with E-state index in [0.29, 0.717) is 6.04 Å². The van der Waals surface area contributed by atoms with E-state index < -0.39 is 11.3 Å². The van der Waals surface area contributed by atoms with Crippen LogP contribution in [0.5, 0.6) is 5.75 Å². The fraction of sp³-hybridized carbons (Fsp3) is 0.333. The van der Waals surface area contributed by atoms with Crippen molar-refractivity contribution < 1.29 is 10.2 Å². The molecule has 1 aromatic heterocycles. The van der Waals surface area contributed by atoms with Gasteiger partial charge in [-0.15, -0.1) is 0 Å². The van der Waals surface area contributed by atoms with E-state index in [4.69, 9.17) is 0 Å². The Labute approximate surface area is 199 Å². The number of H-pyrrole nitrogens is 1. The minimum Gasteiger partial charge on any atom is -0.502 e. The minimum absolute atomic E-state index is 0.127. The van der Waals surface area contributed by atoms with Crippen molar-refractivity contribution in [1.29, 1.82) is 0 Å². The number of rotatable bonds is 7. The largest absolute Gasteiger partial charge is 0.502 e. The van der Waals surface area contributed by atoms with Crippen LogP contribution in [0.25, 0.3) is 0 Å². The van der Waals surface area contributed by atoms with Gasteiger partial charge in [0.1, 0.15) is 0 Å². The van der Waals surface area contributed by atoms with Crippen molar-refractivity contribution >= 4 is 0 Å². The molecule has 0 aliphatic carbocycles. The number of hydrogen-bond acceptors (Lipinski definition) is 6. The summed E-state index contributed by atoms with van der Waals surface area (Å²) in [6.45, 7) is 3.00. The smallest absolute Gasteiger partial charge is 0.293 e. The standard InChI is InChI=1S/C27H30N4O3/c1-31-13-12-24(16-31)28-15-21-6-4-19(5-7-21)2-3-20-8-10-22(11-9-20)23(17-32)14-25-26(33)27(34)30-18-29-25/h4-11,18,23-24,28,32-33H,12-17H2,1H3,(H,29,30,34)/t23-,24+/m0/s1. The molecule has 0 bridgehead atoms. The SMILES string of the molecule is CN1CC[C@@H](NCc2ccc(C#Cc3ccc([C@H](CO)Cc4nc[nH]c(=O)c4O)cc3)cc2)C1. The van der Waals surface area contributed by atoms with Gasteiger partial charge in [0, 0.05) is 42.6 Å². The van der Waals surface area contributed by atoms with E-state index in [9.17, 15) is 15.0 Å². The average Bonchev–Trinajstić information content (AvgIpc) is 3.28. The molecule has 34 heavy (non-hydrogen) atoms. The number of aromatic hydroxyl groups is 1. The molecule has 0 amide bonds. The molecule has 7 nitrogen and oxygen atoms in total. The number of aromatic nitrogens is 2. The summed E-state index contributed by atoms with van der Waals surface area (Å²) in [7, 11) is 2.16. The maximum absolute atomic E-state index is 11.6. The Morgan fingerprint density at radius 2 is 1.82 bits per heavy atom. The summed E-state index contributed by atoms with van der Waals surface area (Å²) >= 11 is 0. The van der Waals surface area contributed by atoms with Gasteiger partial charge in [-0.3, -0.25) is 4.79 Å². The van der Waals surface area contributed by atoms with E-state index in [1.165, 1.54) is 18.3 Å². The predicted molar refractivity (Wildman–Crippen MR) is 132 cm³/mol. The molecule has 0 saturated carbocycles. The fourth-order valence-corrected chi connectivity index (χ4v) is 4.15.